The van der Waals surface area contributed by atoms with Gasteiger partial charge in [-0.3, -0.25) is 4.79 Å². The highest BCUT2D eigenvalue weighted by Crippen LogP contribution is 2.75. The first kappa shape index (κ1) is 17.0. The van der Waals surface area contributed by atoms with Gasteiger partial charge in [-0.05, 0) is 36.2 Å². The van der Waals surface area contributed by atoms with Crippen LogP contribution in [0.1, 0.15) is 24.0 Å². The summed E-state index contributed by atoms with van der Waals surface area (Å²) in [5.41, 5.74) is -2.38. The molecule has 0 saturated heterocycles. The number of carbonyl (C=O) groups excluding carboxylic acids is 2. The molecule has 3 atom stereocenters. The molecule has 0 bridgehead atoms. The van der Waals surface area contributed by atoms with E-state index in [1.54, 1.807) is 62.5 Å². The second-order valence-electron chi connectivity index (χ2n) is 6.61. The molecule has 0 radical (unpaired) electrons. The standard InChI is InChI=1S/C20H17ClFNO3/c1-3-26-18(25)20(22)16(12-8-10-13(21)11-9-12)19(20)14-6-4-5-7-15(14)23(2)17(19)24/h4-11,16H,3H2,1-2H3/t16-,19+,20+/m0/s1. The van der Waals surface area contributed by atoms with Gasteiger partial charge in [-0.25, -0.2) is 9.18 Å². The van der Waals surface area contributed by atoms with Crippen LogP contribution in [0.15, 0.2) is 48.5 Å². The van der Waals surface area contributed by atoms with Crippen molar-refractivity contribution in [2.45, 2.75) is 23.9 Å². The molecule has 4 rings (SSSR count). The van der Waals surface area contributed by atoms with Crippen LogP contribution >= 0.6 is 11.6 Å². The minimum absolute atomic E-state index is 0.0413. The predicted molar refractivity (Wildman–Crippen MR) is 96.2 cm³/mol. The summed E-state index contributed by atoms with van der Waals surface area (Å²) in [7, 11) is 1.60. The molecule has 1 saturated carbocycles. The van der Waals surface area contributed by atoms with Gasteiger partial charge < -0.3 is 9.64 Å². The average Bonchev–Trinajstić information content (AvgIpc) is 3.15. The largest absolute Gasteiger partial charge is 0.464 e. The number of amides is 1. The Morgan fingerprint density at radius 1 is 1.23 bits per heavy atom. The molecule has 2 aromatic rings. The Hall–Kier alpha value is -2.40. The normalized spacial score (nSPS) is 29.0. The molecule has 1 aliphatic carbocycles. The zero-order valence-electron chi connectivity index (χ0n) is 14.3. The van der Waals surface area contributed by atoms with Crippen molar-refractivity contribution in [2.24, 2.45) is 0 Å². The van der Waals surface area contributed by atoms with Gasteiger partial charge in [0.1, 0.15) is 5.41 Å². The smallest absolute Gasteiger partial charge is 0.346 e. The second kappa shape index (κ2) is 5.55. The Balaban J connectivity index is 1.94. The monoisotopic (exact) mass is 373 g/mol. The number of ether oxygens (including phenoxy) is 1. The molecule has 0 unspecified atom stereocenters. The van der Waals surface area contributed by atoms with Crippen LogP contribution in [0.5, 0.6) is 0 Å². The molecule has 0 aromatic heterocycles. The van der Waals surface area contributed by atoms with E-state index in [0.29, 0.717) is 21.8 Å². The van der Waals surface area contributed by atoms with E-state index in [9.17, 15) is 9.59 Å². The number of nitrogens with zero attached hydrogens (tertiary/aromatic N) is 1. The minimum Gasteiger partial charge on any atom is -0.464 e. The van der Waals surface area contributed by atoms with Crippen molar-refractivity contribution in [1.82, 2.24) is 0 Å². The van der Waals surface area contributed by atoms with Crippen molar-refractivity contribution in [3.8, 4) is 0 Å². The topological polar surface area (TPSA) is 46.6 Å². The molecule has 1 amide bonds. The maximum absolute atomic E-state index is 16.2. The number of halogens is 2. The van der Waals surface area contributed by atoms with Gasteiger partial charge in [-0.1, -0.05) is 41.9 Å². The summed E-state index contributed by atoms with van der Waals surface area (Å²) in [6.07, 6.45) is 0. The molecule has 6 heteroatoms. The molecule has 1 fully saturated rings. The molecular formula is C20H17ClFNO3. The first-order valence-electron chi connectivity index (χ1n) is 8.40. The Morgan fingerprint density at radius 3 is 2.54 bits per heavy atom. The van der Waals surface area contributed by atoms with E-state index < -0.39 is 28.9 Å². The summed E-state index contributed by atoms with van der Waals surface area (Å²) in [4.78, 5) is 27.2. The fraction of sp³-hybridized carbons (Fsp3) is 0.300. The van der Waals surface area contributed by atoms with E-state index in [4.69, 9.17) is 16.3 Å². The molecule has 1 spiro atoms. The number of benzene rings is 2. The Kier molecular flexibility index (Phi) is 3.63. The first-order valence-corrected chi connectivity index (χ1v) is 8.77. The third-order valence-corrected chi connectivity index (χ3v) is 5.68. The van der Waals surface area contributed by atoms with Crippen LogP contribution in [-0.2, 0) is 19.7 Å². The lowest BCUT2D eigenvalue weighted by molar-refractivity contribution is -0.153. The van der Waals surface area contributed by atoms with Gasteiger partial charge in [0.25, 0.3) is 0 Å². The van der Waals surface area contributed by atoms with Crippen molar-refractivity contribution in [2.75, 3.05) is 18.6 Å². The van der Waals surface area contributed by atoms with Gasteiger partial charge in [0.05, 0.1) is 12.5 Å². The SMILES string of the molecule is CCOC(=O)[C@]1(F)[C@@H](c2ccc(Cl)cc2)[C@]12C(=O)N(C)c1ccccc12. The van der Waals surface area contributed by atoms with Crippen LogP contribution in [0, 0.1) is 0 Å². The Labute approximate surface area is 155 Å². The van der Waals surface area contributed by atoms with Crippen LogP contribution in [-0.4, -0.2) is 31.2 Å². The van der Waals surface area contributed by atoms with Gasteiger partial charge in [-0.15, -0.1) is 0 Å². The lowest BCUT2D eigenvalue weighted by atomic mass is 9.91. The minimum atomic E-state index is -2.45. The molecular weight excluding hydrogens is 357 g/mol. The highest BCUT2D eigenvalue weighted by molar-refractivity contribution is 6.30. The van der Waals surface area contributed by atoms with Crippen molar-refractivity contribution in [3.63, 3.8) is 0 Å². The third-order valence-electron chi connectivity index (χ3n) is 5.43. The number of alkyl halides is 1. The van der Waals surface area contributed by atoms with Crippen molar-refractivity contribution < 1.29 is 18.7 Å². The fourth-order valence-corrected chi connectivity index (χ4v) is 4.43. The van der Waals surface area contributed by atoms with Crippen LogP contribution in [0.25, 0.3) is 0 Å². The van der Waals surface area contributed by atoms with Crippen LogP contribution in [0.2, 0.25) is 5.02 Å². The van der Waals surface area contributed by atoms with Crippen molar-refractivity contribution in [3.05, 3.63) is 64.7 Å². The van der Waals surface area contributed by atoms with E-state index in [-0.39, 0.29) is 6.61 Å². The summed E-state index contributed by atoms with van der Waals surface area (Å²) in [5, 5.41) is 0.499. The number of para-hydroxylation sites is 1. The molecule has 1 heterocycles. The lowest BCUT2D eigenvalue weighted by Crippen LogP contribution is -2.38. The summed E-state index contributed by atoms with van der Waals surface area (Å²) in [6, 6.07) is 13.6. The average molecular weight is 374 g/mol. The first-order chi connectivity index (χ1) is 12.4. The highest BCUT2D eigenvalue weighted by Gasteiger charge is 2.90. The maximum atomic E-state index is 16.2. The number of anilines is 1. The van der Waals surface area contributed by atoms with Gasteiger partial charge >= 0.3 is 5.97 Å². The van der Waals surface area contributed by atoms with Crippen molar-refractivity contribution >= 4 is 29.2 Å². The second-order valence-corrected chi connectivity index (χ2v) is 7.04. The van der Waals surface area contributed by atoms with Gasteiger partial charge in [0, 0.05) is 17.8 Å². The number of rotatable bonds is 3. The number of likely N-dealkylation sites (N-methyl/N-ethyl adjacent to an activating group) is 1. The molecule has 4 nitrogen and oxygen atoms in total. The highest BCUT2D eigenvalue weighted by atomic mass is 35.5. The number of esters is 1. The summed E-state index contributed by atoms with van der Waals surface area (Å²) in [6.45, 7) is 1.66. The van der Waals surface area contributed by atoms with Crippen LogP contribution in [0.3, 0.4) is 0 Å². The van der Waals surface area contributed by atoms with E-state index >= 15 is 4.39 Å². The molecule has 134 valence electrons. The molecule has 26 heavy (non-hydrogen) atoms. The third kappa shape index (κ3) is 1.84. The zero-order valence-corrected chi connectivity index (χ0v) is 15.1. The lowest BCUT2D eigenvalue weighted by Gasteiger charge is -2.13. The van der Waals surface area contributed by atoms with Crippen LogP contribution in [0.4, 0.5) is 10.1 Å². The Bertz CT molecular complexity index is 916. The summed E-state index contributed by atoms with van der Waals surface area (Å²) >= 11 is 5.94. The van der Waals surface area contributed by atoms with E-state index in [1.807, 2.05) is 0 Å². The summed E-state index contributed by atoms with van der Waals surface area (Å²) in [5.74, 6) is -2.39. The van der Waals surface area contributed by atoms with E-state index in [1.165, 1.54) is 4.90 Å². The number of fused-ring (bicyclic) bond motifs is 2. The molecule has 0 N–H and O–H groups in total. The number of carbonyl (C=O) groups is 2. The zero-order chi connectivity index (χ0) is 18.7. The van der Waals surface area contributed by atoms with E-state index in [2.05, 4.69) is 0 Å². The molecule has 2 aromatic carbocycles. The van der Waals surface area contributed by atoms with Gasteiger partial charge in [-0.2, -0.15) is 0 Å². The van der Waals surface area contributed by atoms with Crippen LogP contribution < -0.4 is 4.90 Å². The van der Waals surface area contributed by atoms with Crippen molar-refractivity contribution in [1.29, 1.82) is 0 Å². The molecule has 1 aliphatic heterocycles. The molecule has 2 aliphatic rings. The van der Waals surface area contributed by atoms with E-state index in [0.717, 1.165) is 0 Å². The predicted octanol–water partition coefficient (Wildman–Crippen LogP) is 3.62. The van der Waals surface area contributed by atoms with Gasteiger partial charge in [0.15, 0.2) is 0 Å². The fourth-order valence-electron chi connectivity index (χ4n) is 4.31. The number of hydrogen-bond acceptors (Lipinski definition) is 3. The van der Waals surface area contributed by atoms with Gasteiger partial charge in [0.2, 0.25) is 11.6 Å². The maximum Gasteiger partial charge on any atom is 0.346 e. The summed E-state index contributed by atoms with van der Waals surface area (Å²) < 4.78 is 21.3. The quantitative estimate of drug-likeness (QED) is 0.772. The Morgan fingerprint density at radius 2 is 1.88 bits per heavy atom. The number of hydrogen-bond donors (Lipinski definition) is 0.